The number of benzene rings is 1. The van der Waals surface area contributed by atoms with Gasteiger partial charge in [0.05, 0.1) is 6.04 Å². The molecule has 4 rings (SSSR count). The second-order valence-corrected chi connectivity index (χ2v) is 6.83. The van der Waals surface area contributed by atoms with Crippen molar-refractivity contribution in [2.45, 2.75) is 26.4 Å². The van der Waals surface area contributed by atoms with Crippen LogP contribution in [-0.4, -0.2) is 41.5 Å². The number of carbonyl (C=O) groups excluding carboxylic acids is 1. The molecule has 0 aliphatic carbocycles. The molecule has 3 aromatic rings. The molecule has 0 radical (unpaired) electrons. The highest BCUT2D eigenvalue weighted by atomic mass is 32.1. The fourth-order valence-electron chi connectivity index (χ4n) is 3.08. The molecule has 0 unspecified atom stereocenters. The summed E-state index contributed by atoms with van der Waals surface area (Å²) in [6, 6.07) is 6.90. The van der Waals surface area contributed by atoms with E-state index >= 15 is 0 Å². The van der Waals surface area contributed by atoms with Gasteiger partial charge in [0.15, 0.2) is 16.7 Å². The Kier molecular flexibility index (Phi) is 4.01. The van der Waals surface area contributed by atoms with Gasteiger partial charge in [0.1, 0.15) is 5.82 Å². The average Bonchev–Trinajstić information content (AvgIpc) is 3.28. The van der Waals surface area contributed by atoms with Crippen LogP contribution >= 0.6 is 11.5 Å². The average molecular weight is 364 g/mol. The van der Waals surface area contributed by atoms with Crippen molar-refractivity contribution in [3.05, 3.63) is 47.0 Å². The number of nitrogens with zero attached hydrogens (tertiary/aromatic N) is 6. The predicted molar refractivity (Wildman–Crippen MR) is 97.5 cm³/mol. The molecule has 7 nitrogen and oxygen atoms in total. The third-order valence-corrected chi connectivity index (χ3v) is 5.27. The topological polar surface area (TPSA) is 76.8 Å². The third kappa shape index (κ3) is 2.66. The minimum absolute atomic E-state index is 0.0383. The molecular formula is C18H16N6OS. The Labute approximate surface area is 154 Å². The fraction of sp³-hybridized carbons (Fsp3) is 0.278. The smallest absolute Gasteiger partial charge is 0.254 e. The highest BCUT2D eigenvalue weighted by Gasteiger charge is 2.32. The van der Waals surface area contributed by atoms with Crippen molar-refractivity contribution >= 4 is 17.4 Å². The monoisotopic (exact) mass is 364 g/mol. The fourth-order valence-corrected chi connectivity index (χ4v) is 3.75. The van der Waals surface area contributed by atoms with E-state index in [9.17, 15) is 4.79 Å². The molecular weight excluding hydrogens is 348 g/mol. The molecule has 26 heavy (non-hydrogen) atoms. The van der Waals surface area contributed by atoms with Gasteiger partial charge in [-0.15, -0.1) is 16.6 Å². The first-order valence-corrected chi connectivity index (χ1v) is 8.97. The molecule has 1 aromatic carbocycles. The first-order valence-electron chi connectivity index (χ1n) is 8.20. The molecule has 0 saturated carbocycles. The molecule has 3 heterocycles. The molecule has 0 spiro atoms. The summed E-state index contributed by atoms with van der Waals surface area (Å²) < 4.78 is 6.23. The third-order valence-electron chi connectivity index (χ3n) is 4.46. The van der Waals surface area contributed by atoms with Crippen LogP contribution in [0.4, 0.5) is 0 Å². The second kappa shape index (κ2) is 6.35. The van der Waals surface area contributed by atoms with Crippen LogP contribution in [0.2, 0.25) is 0 Å². The van der Waals surface area contributed by atoms with Crippen molar-refractivity contribution in [2.75, 3.05) is 6.54 Å². The van der Waals surface area contributed by atoms with Gasteiger partial charge in [-0.25, -0.2) is 4.98 Å². The highest BCUT2D eigenvalue weighted by molar-refractivity contribution is 7.09. The summed E-state index contributed by atoms with van der Waals surface area (Å²) >= 11 is 1.31. The zero-order valence-corrected chi connectivity index (χ0v) is 15.2. The summed E-state index contributed by atoms with van der Waals surface area (Å²) in [5.74, 6) is 4.71. The lowest BCUT2D eigenvalue weighted by Gasteiger charge is -2.33. The zero-order chi connectivity index (χ0) is 18.3. The largest absolute Gasteiger partial charge is 0.327 e. The first-order chi connectivity index (χ1) is 12.6. The van der Waals surface area contributed by atoms with E-state index in [4.69, 9.17) is 6.42 Å². The van der Waals surface area contributed by atoms with Crippen LogP contribution in [0.25, 0.3) is 10.8 Å². The number of fused-ring (bicyclic) bond motifs is 1. The standard InChI is InChI=1S/C18H16N6OS/c1-4-13-5-7-14(8-6-13)18(25)23-9-10-24-15(11(23)2)20-21-16(24)17-19-12(3)22-26-17/h1,5-8,11H,9-10H2,2-3H3/t11-/m1/s1. The van der Waals surface area contributed by atoms with Crippen LogP contribution < -0.4 is 0 Å². The van der Waals surface area contributed by atoms with Crippen molar-refractivity contribution in [3.63, 3.8) is 0 Å². The lowest BCUT2D eigenvalue weighted by atomic mass is 10.1. The summed E-state index contributed by atoms with van der Waals surface area (Å²) in [5, 5.41) is 9.34. The van der Waals surface area contributed by atoms with Gasteiger partial charge in [0, 0.05) is 24.2 Å². The second-order valence-electron chi connectivity index (χ2n) is 6.08. The molecule has 1 aliphatic heterocycles. The predicted octanol–water partition coefficient (Wildman–Crippen LogP) is 2.30. The summed E-state index contributed by atoms with van der Waals surface area (Å²) in [5.41, 5.74) is 1.37. The molecule has 0 fully saturated rings. The number of hydrogen-bond acceptors (Lipinski definition) is 6. The Morgan fingerprint density at radius 2 is 2.04 bits per heavy atom. The highest BCUT2D eigenvalue weighted by Crippen LogP contribution is 2.30. The summed E-state index contributed by atoms with van der Waals surface area (Å²) in [7, 11) is 0. The molecule has 1 atom stereocenters. The number of carbonyl (C=O) groups is 1. The normalized spacial score (nSPS) is 16.2. The van der Waals surface area contributed by atoms with Gasteiger partial charge in [-0.3, -0.25) is 4.79 Å². The number of terminal acetylenes is 1. The molecule has 2 aromatic heterocycles. The molecule has 0 bridgehead atoms. The molecule has 1 aliphatic rings. The van der Waals surface area contributed by atoms with Crippen LogP contribution in [0.1, 0.15) is 40.5 Å². The molecule has 0 saturated heterocycles. The Morgan fingerprint density at radius 3 is 2.69 bits per heavy atom. The quantitative estimate of drug-likeness (QED) is 0.652. The van der Waals surface area contributed by atoms with Crippen LogP contribution in [0.5, 0.6) is 0 Å². The van der Waals surface area contributed by atoms with E-state index in [2.05, 4.69) is 25.5 Å². The van der Waals surface area contributed by atoms with Gasteiger partial charge < -0.3 is 9.47 Å². The van der Waals surface area contributed by atoms with Crippen LogP contribution in [0.15, 0.2) is 24.3 Å². The Balaban J connectivity index is 1.62. The van der Waals surface area contributed by atoms with E-state index in [1.165, 1.54) is 11.5 Å². The lowest BCUT2D eigenvalue weighted by molar-refractivity contribution is 0.0638. The van der Waals surface area contributed by atoms with Crippen LogP contribution in [-0.2, 0) is 6.54 Å². The maximum atomic E-state index is 12.9. The van der Waals surface area contributed by atoms with E-state index in [0.717, 1.165) is 22.2 Å². The van der Waals surface area contributed by atoms with E-state index in [1.807, 2.05) is 23.3 Å². The number of hydrogen-bond donors (Lipinski definition) is 0. The number of aromatic nitrogens is 5. The van der Waals surface area contributed by atoms with Gasteiger partial charge in [-0.1, -0.05) is 5.92 Å². The van der Waals surface area contributed by atoms with E-state index in [1.54, 1.807) is 24.3 Å². The Bertz CT molecular complexity index is 1010. The summed E-state index contributed by atoms with van der Waals surface area (Å²) in [6.45, 7) is 5.01. The van der Waals surface area contributed by atoms with Crippen molar-refractivity contribution < 1.29 is 4.79 Å². The maximum Gasteiger partial charge on any atom is 0.254 e. The van der Waals surface area contributed by atoms with E-state index in [-0.39, 0.29) is 11.9 Å². The van der Waals surface area contributed by atoms with Crippen molar-refractivity contribution in [1.29, 1.82) is 0 Å². The SMILES string of the molecule is C#Cc1ccc(C(=O)N2CCn3c(-c4nc(C)ns4)nnc3[C@H]2C)cc1. The number of amides is 1. The van der Waals surface area contributed by atoms with Crippen molar-refractivity contribution in [3.8, 4) is 23.2 Å². The maximum absolute atomic E-state index is 12.9. The van der Waals surface area contributed by atoms with Gasteiger partial charge in [0.25, 0.3) is 5.91 Å². The van der Waals surface area contributed by atoms with Crippen molar-refractivity contribution in [1.82, 2.24) is 29.0 Å². The Hall–Kier alpha value is -3.05. The van der Waals surface area contributed by atoms with Gasteiger partial charge in [-0.05, 0) is 49.6 Å². The minimum atomic E-state index is -0.182. The molecule has 1 amide bonds. The van der Waals surface area contributed by atoms with Gasteiger partial charge >= 0.3 is 0 Å². The van der Waals surface area contributed by atoms with E-state index in [0.29, 0.717) is 24.5 Å². The van der Waals surface area contributed by atoms with Crippen molar-refractivity contribution in [2.24, 2.45) is 0 Å². The lowest BCUT2D eigenvalue weighted by Crippen LogP contribution is -2.41. The summed E-state index contributed by atoms with van der Waals surface area (Å²) in [6.07, 6.45) is 5.37. The van der Waals surface area contributed by atoms with E-state index < -0.39 is 0 Å². The molecule has 0 N–H and O–H groups in total. The zero-order valence-electron chi connectivity index (χ0n) is 14.4. The number of rotatable bonds is 2. The molecule has 130 valence electrons. The Morgan fingerprint density at radius 1 is 1.27 bits per heavy atom. The first kappa shape index (κ1) is 16.4. The minimum Gasteiger partial charge on any atom is -0.327 e. The van der Waals surface area contributed by atoms with Crippen LogP contribution in [0, 0.1) is 19.3 Å². The van der Waals surface area contributed by atoms with Crippen LogP contribution in [0.3, 0.4) is 0 Å². The van der Waals surface area contributed by atoms with Gasteiger partial charge in [0.2, 0.25) is 0 Å². The molecule has 8 heteroatoms. The number of aryl methyl sites for hydroxylation is 1. The van der Waals surface area contributed by atoms with Gasteiger partial charge in [-0.2, -0.15) is 4.37 Å². The summed E-state index contributed by atoms with van der Waals surface area (Å²) in [4.78, 5) is 19.1.